The smallest absolute Gasteiger partial charge is 0.242 e. The minimum absolute atomic E-state index is 0.0936. The summed E-state index contributed by atoms with van der Waals surface area (Å²) in [6.07, 6.45) is 2.46. The van der Waals surface area contributed by atoms with Gasteiger partial charge in [0.1, 0.15) is 5.75 Å². The van der Waals surface area contributed by atoms with Gasteiger partial charge in [0.05, 0.1) is 25.1 Å². The topological polar surface area (TPSA) is 54.3 Å². The van der Waals surface area contributed by atoms with Gasteiger partial charge in [-0.1, -0.05) is 43.0 Å². The number of methoxy groups -OCH3 is 1. The third-order valence-electron chi connectivity index (χ3n) is 4.45. The highest BCUT2D eigenvalue weighted by molar-refractivity contribution is 8.15. The number of carbonyl (C=O) groups excluding carboxylic acids is 1. The van der Waals surface area contributed by atoms with Crippen LogP contribution < -0.4 is 4.74 Å². The Kier molecular flexibility index (Phi) is 6.29. The quantitative estimate of drug-likeness (QED) is 0.555. The van der Waals surface area contributed by atoms with Gasteiger partial charge in [0.15, 0.2) is 5.17 Å². The molecule has 1 fully saturated rings. The Morgan fingerprint density at radius 2 is 1.93 bits per heavy atom. The van der Waals surface area contributed by atoms with Gasteiger partial charge in [-0.15, -0.1) is 5.10 Å². The number of ether oxygens (including phenoxy) is 1. The van der Waals surface area contributed by atoms with Crippen molar-refractivity contribution in [1.29, 1.82) is 0 Å². The summed E-state index contributed by atoms with van der Waals surface area (Å²) < 4.78 is 5.15. The lowest BCUT2D eigenvalue weighted by molar-refractivity contribution is -0.126. The Labute approximate surface area is 164 Å². The fourth-order valence-electron chi connectivity index (χ4n) is 2.78. The molecule has 1 aliphatic rings. The Morgan fingerprint density at radius 1 is 1.19 bits per heavy atom. The van der Waals surface area contributed by atoms with E-state index in [0.717, 1.165) is 28.9 Å². The molecule has 0 aliphatic carbocycles. The lowest BCUT2D eigenvalue weighted by atomic mass is 10.1. The number of amides is 1. The average Bonchev–Trinajstić information content (AvgIpc) is 2.99. The van der Waals surface area contributed by atoms with Crippen molar-refractivity contribution in [1.82, 2.24) is 4.90 Å². The first-order chi connectivity index (χ1) is 13.1. The van der Waals surface area contributed by atoms with E-state index in [4.69, 9.17) is 4.74 Å². The van der Waals surface area contributed by atoms with Crippen molar-refractivity contribution in [3.63, 3.8) is 0 Å². The molecule has 5 nitrogen and oxygen atoms in total. The fourth-order valence-corrected chi connectivity index (χ4v) is 3.81. The van der Waals surface area contributed by atoms with Crippen LogP contribution in [0.1, 0.15) is 30.0 Å². The molecule has 0 spiro atoms. The molecule has 140 valence electrons. The molecule has 0 radical (unpaired) electrons. The van der Waals surface area contributed by atoms with E-state index in [1.54, 1.807) is 18.2 Å². The molecular weight excluding hydrogens is 358 g/mol. The van der Waals surface area contributed by atoms with Crippen LogP contribution in [0.25, 0.3) is 0 Å². The van der Waals surface area contributed by atoms with E-state index < -0.39 is 0 Å². The van der Waals surface area contributed by atoms with Crippen LogP contribution >= 0.6 is 11.8 Å². The van der Waals surface area contributed by atoms with E-state index in [1.165, 1.54) is 11.8 Å². The molecule has 0 N–H and O–H groups in total. The number of hydrogen-bond acceptors (Lipinski definition) is 5. The molecule has 2 aromatic rings. The van der Waals surface area contributed by atoms with Crippen molar-refractivity contribution in [3.05, 3.63) is 65.2 Å². The second-order valence-electron chi connectivity index (χ2n) is 6.27. The highest BCUT2D eigenvalue weighted by Crippen LogP contribution is 2.31. The summed E-state index contributed by atoms with van der Waals surface area (Å²) in [4.78, 5) is 14.5. The zero-order chi connectivity index (χ0) is 19.2. The molecule has 2 aromatic carbocycles. The van der Waals surface area contributed by atoms with Gasteiger partial charge in [0, 0.05) is 0 Å². The zero-order valence-electron chi connectivity index (χ0n) is 15.8. The van der Waals surface area contributed by atoms with Crippen LogP contribution in [-0.2, 0) is 11.3 Å². The summed E-state index contributed by atoms with van der Waals surface area (Å²) in [5, 5.41) is 9.10. The first-order valence-corrected chi connectivity index (χ1v) is 9.78. The van der Waals surface area contributed by atoms with E-state index in [9.17, 15) is 4.79 Å². The maximum Gasteiger partial charge on any atom is 0.242 e. The molecule has 6 heteroatoms. The average molecular weight is 382 g/mol. The van der Waals surface area contributed by atoms with Crippen LogP contribution in [0.3, 0.4) is 0 Å². The minimum Gasteiger partial charge on any atom is -0.497 e. The summed E-state index contributed by atoms with van der Waals surface area (Å²) in [5.74, 6) is 0.898. The fraction of sp³-hybridized carbons (Fsp3) is 0.286. The number of nitrogens with zero attached hydrogens (tertiary/aromatic N) is 3. The molecule has 1 saturated heterocycles. The summed E-state index contributed by atoms with van der Waals surface area (Å²) in [7, 11) is 1.64. The molecular formula is C21H23N3O2S. The largest absolute Gasteiger partial charge is 0.497 e. The Hall–Kier alpha value is -2.60. The molecule has 0 saturated carbocycles. The Bertz CT molecular complexity index is 862. The highest BCUT2D eigenvalue weighted by Gasteiger charge is 2.37. The Morgan fingerprint density at radius 3 is 2.59 bits per heavy atom. The van der Waals surface area contributed by atoms with Crippen molar-refractivity contribution in [2.45, 2.75) is 32.1 Å². The second kappa shape index (κ2) is 8.86. The van der Waals surface area contributed by atoms with E-state index in [0.29, 0.717) is 11.7 Å². The number of rotatable bonds is 6. The third kappa shape index (κ3) is 4.57. The summed E-state index contributed by atoms with van der Waals surface area (Å²) in [6.45, 7) is 4.59. The van der Waals surface area contributed by atoms with Gasteiger partial charge in [-0.2, -0.15) is 5.10 Å². The maximum absolute atomic E-state index is 12.7. The van der Waals surface area contributed by atoms with Crippen LogP contribution in [0.15, 0.2) is 58.7 Å². The number of aryl methyl sites for hydroxylation is 1. The number of amidine groups is 1. The van der Waals surface area contributed by atoms with Crippen molar-refractivity contribution >= 4 is 29.1 Å². The van der Waals surface area contributed by atoms with Crippen molar-refractivity contribution in [2.75, 3.05) is 7.11 Å². The van der Waals surface area contributed by atoms with Crippen LogP contribution in [-0.4, -0.2) is 34.5 Å². The van der Waals surface area contributed by atoms with Crippen molar-refractivity contribution in [2.24, 2.45) is 10.2 Å². The number of carbonyl (C=O) groups is 1. The molecule has 0 unspecified atom stereocenters. The summed E-state index contributed by atoms with van der Waals surface area (Å²) in [5.41, 5.74) is 3.21. The van der Waals surface area contributed by atoms with Gasteiger partial charge in [-0.25, -0.2) is 0 Å². The minimum atomic E-state index is -0.0936. The first kappa shape index (κ1) is 19.2. The van der Waals surface area contributed by atoms with Gasteiger partial charge in [0.2, 0.25) is 5.91 Å². The van der Waals surface area contributed by atoms with Crippen LogP contribution in [0, 0.1) is 6.92 Å². The SMILES string of the molecule is CC[C@H]1S/C(=N/N=C\c2ccc(OC)cc2)N(Cc2ccccc2C)C1=O. The number of hydrogen-bond donors (Lipinski definition) is 0. The second-order valence-corrected chi connectivity index (χ2v) is 7.44. The lowest BCUT2D eigenvalue weighted by Crippen LogP contribution is -2.31. The number of benzene rings is 2. The Balaban J connectivity index is 1.79. The van der Waals surface area contributed by atoms with E-state index in [1.807, 2.05) is 49.4 Å². The molecule has 1 aliphatic heterocycles. The van der Waals surface area contributed by atoms with E-state index in [2.05, 4.69) is 23.2 Å². The van der Waals surface area contributed by atoms with Crippen molar-refractivity contribution in [3.8, 4) is 5.75 Å². The van der Waals surface area contributed by atoms with Crippen molar-refractivity contribution < 1.29 is 9.53 Å². The molecule has 0 bridgehead atoms. The zero-order valence-corrected chi connectivity index (χ0v) is 16.6. The van der Waals surface area contributed by atoms with E-state index >= 15 is 0 Å². The molecule has 3 rings (SSSR count). The van der Waals surface area contributed by atoms with Gasteiger partial charge < -0.3 is 4.74 Å². The summed E-state index contributed by atoms with van der Waals surface area (Å²) in [6, 6.07) is 15.7. The molecule has 1 heterocycles. The van der Waals surface area contributed by atoms with Gasteiger partial charge >= 0.3 is 0 Å². The van der Waals surface area contributed by atoms with E-state index in [-0.39, 0.29) is 11.2 Å². The normalized spacial score (nSPS) is 18.6. The molecule has 1 atom stereocenters. The number of thioether (sulfide) groups is 1. The summed E-state index contributed by atoms with van der Waals surface area (Å²) >= 11 is 1.49. The first-order valence-electron chi connectivity index (χ1n) is 8.90. The molecule has 1 amide bonds. The standard InChI is InChI=1S/C21H23N3O2S/c1-4-19-20(25)24(14-17-8-6-5-7-15(17)2)21(27-19)23-22-13-16-9-11-18(26-3)12-10-16/h5-13,19H,4,14H2,1-3H3/b22-13-,23-21+/t19-/m1/s1. The predicted molar refractivity (Wildman–Crippen MR) is 111 cm³/mol. The van der Waals surface area contributed by atoms with Crippen LogP contribution in [0.2, 0.25) is 0 Å². The van der Waals surface area contributed by atoms with Gasteiger partial charge in [-0.05, 0) is 54.3 Å². The maximum atomic E-state index is 12.7. The van der Waals surface area contributed by atoms with Crippen LogP contribution in [0.5, 0.6) is 5.75 Å². The van der Waals surface area contributed by atoms with Crippen LogP contribution in [0.4, 0.5) is 0 Å². The lowest BCUT2D eigenvalue weighted by Gasteiger charge is -2.17. The predicted octanol–water partition coefficient (Wildman–Crippen LogP) is 4.25. The highest BCUT2D eigenvalue weighted by atomic mass is 32.2. The molecule has 0 aromatic heterocycles. The monoisotopic (exact) mass is 381 g/mol. The van der Waals surface area contributed by atoms with Gasteiger partial charge in [-0.3, -0.25) is 9.69 Å². The third-order valence-corrected chi connectivity index (χ3v) is 5.78. The molecule has 27 heavy (non-hydrogen) atoms. The van der Waals surface area contributed by atoms with Gasteiger partial charge in [0.25, 0.3) is 0 Å².